The number of rotatable bonds is 3. The Morgan fingerprint density at radius 2 is 2.24 bits per heavy atom. The average molecular weight is 230 g/mol. The maximum atomic E-state index is 6.11. The summed E-state index contributed by atoms with van der Waals surface area (Å²) in [6, 6.07) is 4.68. The van der Waals surface area contributed by atoms with E-state index in [9.17, 15) is 0 Å². The van der Waals surface area contributed by atoms with Crippen LogP contribution in [-0.2, 0) is 6.42 Å². The van der Waals surface area contributed by atoms with Gasteiger partial charge in [0.05, 0.1) is 5.52 Å². The first-order valence-corrected chi connectivity index (χ1v) is 6.15. The molecule has 0 atom stereocenters. The van der Waals surface area contributed by atoms with Gasteiger partial charge in [-0.05, 0) is 38.8 Å². The molecular weight excluding hydrogens is 212 g/mol. The predicted octanol–water partition coefficient (Wildman–Crippen LogP) is 2.05. The van der Waals surface area contributed by atoms with Gasteiger partial charge < -0.3 is 10.3 Å². The van der Waals surface area contributed by atoms with E-state index in [1.165, 1.54) is 12.8 Å². The number of hydrogen-bond acceptors (Lipinski definition) is 3. The summed E-state index contributed by atoms with van der Waals surface area (Å²) in [4.78, 5) is 8.96. The number of nitrogens with zero attached hydrogens (tertiary/aromatic N) is 3. The molecule has 17 heavy (non-hydrogen) atoms. The maximum Gasteiger partial charge on any atom is 0.177 e. The van der Waals surface area contributed by atoms with Crippen molar-refractivity contribution in [3.63, 3.8) is 0 Å². The van der Waals surface area contributed by atoms with E-state index >= 15 is 0 Å². The van der Waals surface area contributed by atoms with Crippen molar-refractivity contribution >= 4 is 11.2 Å². The van der Waals surface area contributed by atoms with Crippen LogP contribution in [0.5, 0.6) is 0 Å². The van der Waals surface area contributed by atoms with E-state index in [-0.39, 0.29) is 5.54 Å². The lowest BCUT2D eigenvalue weighted by Gasteiger charge is -2.18. The van der Waals surface area contributed by atoms with Crippen molar-refractivity contribution in [2.45, 2.75) is 44.7 Å². The van der Waals surface area contributed by atoms with Crippen LogP contribution in [0.3, 0.4) is 0 Å². The van der Waals surface area contributed by atoms with Gasteiger partial charge in [-0.15, -0.1) is 0 Å². The van der Waals surface area contributed by atoms with Crippen LogP contribution < -0.4 is 5.73 Å². The van der Waals surface area contributed by atoms with Gasteiger partial charge >= 0.3 is 0 Å². The fourth-order valence-corrected chi connectivity index (χ4v) is 2.25. The molecule has 90 valence electrons. The molecule has 0 spiro atoms. The van der Waals surface area contributed by atoms with E-state index in [0.717, 1.165) is 23.4 Å². The van der Waals surface area contributed by atoms with E-state index in [1.807, 2.05) is 19.9 Å². The Morgan fingerprint density at radius 1 is 1.47 bits per heavy atom. The predicted molar refractivity (Wildman–Crippen MR) is 67.8 cm³/mol. The minimum absolute atomic E-state index is 0.228. The highest BCUT2D eigenvalue weighted by Gasteiger charge is 2.29. The molecule has 2 aromatic rings. The summed E-state index contributed by atoms with van der Waals surface area (Å²) in [5.74, 6) is 1.08. The summed E-state index contributed by atoms with van der Waals surface area (Å²) in [7, 11) is 0. The van der Waals surface area contributed by atoms with Crippen LogP contribution in [0.4, 0.5) is 0 Å². The van der Waals surface area contributed by atoms with Crippen molar-refractivity contribution in [3.8, 4) is 0 Å². The molecule has 1 aliphatic rings. The Morgan fingerprint density at radius 3 is 2.88 bits per heavy atom. The summed E-state index contributed by atoms with van der Waals surface area (Å²) >= 11 is 0. The van der Waals surface area contributed by atoms with E-state index in [4.69, 9.17) is 5.73 Å². The molecule has 1 aliphatic carbocycles. The Bertz CT molecular complexity index is 546. The third kappa shape index (κ3) is 2.05. The van der Waals surface area contributed by atoms with Crippen molar-refractivity contribution in [2.24, 2.45) is 5.73 Å². The quantitative estimate of drug-likeness (QED) is 0.878. The maximum absolute atomic E-state index is 6.11. The van der Waals surface area contributed by atoms with Crippen LogP contribution in [0.25, 0.3) is 11.2 Å². The Balaban J connectivity index is 2.13. The van der Waals surface area contributed by atoms with Gasteiger partial charge in [-0.25, -0.2) is 9.97 Å². The third-order valence-electron chi connectivity index (χ3n) is 3.06. The molecule has 3 rings (SSSR count). The Hall–Kier alpha value is -1.42. The number of pyridine rings is 1. The average Bonchev–Trinajstić information content (AvgIpc) is 2.98. The molecular formula is C13H18N4. The lowest BCUT2D eigenvalue weighted by molar-refractivity contribution is 0.488. The molecule has 2 heterocycles. The first kappa shape index (κ1) is 10.7. The zero-order valence-electron chi connectivity index (χ0n) is 10.3. The zero-order chi connectivity index (χ0) is 12.0. The molecule has 4 heteroatoms. The molecule has 0 aliphatic heterocycles. The SMILES string of the molecule is CC(C)(N)Cc1nc2ncccc2n1C1CC1. The van der Waals surface area contributed by atoms with Crippen LogP contribution in [0.1, 0.15) is 38.6 Å². The monoisotopic (exact) mass is 230 g/mol. The molecule has 2 aromatic heterocycles. The summed E-state index contributed by atoms with van der Waals surface area (Å²) < 4.78 is 2.33. The van der Waals surface area contributed by atoms with Crippen molar-refractivity contribution in [1.82, 2.24) is 14.5 Å². The van der Waals surface area contributed by atoms with Gasteiger partial charge in [0.2, 0.25) is 0 Å². The minimum Gasteiger partial charge on any atom is -0.325 e. The Labute approximate surface area is 101 Å². The normalized spacial score (nSPS) is 16.6. The molecule has 2 N–H and O–H groups in total. The molecule has 0 radical (unpaired) electrons. The third-order valence-corrected chi connectivity index (χ3v) is 3.06. The van der Waals surface area contributed by atoms with Crippen LogP contribution in [0.2, 0.25) is 0 Å². The first-order valence-electron chi connectivity index (χ1n) is 6.15. The van der Waals surface area contributed by atoms with E-state index < -0.39 is 0 Å². The summed E-state index contributed by atoms with van der Waals surface area (Å²) in [5.41, 5.74) is 7.87. The highest BCUT2D eigenvalue weighted by Crippen LogP contribution is 2.38. The van der Waals surface area contributed by atoms with Crippen LogP contribution in [0, 0.1) is 0 Å². The number of aromatic nitrogens is 3. The van der Waals surface area contributed by atoms with Gasteiger partial charge in [-0.3, -0.25) is 0 Å². The molecule has 0 saturated heterocycles. The van der Waals surface area contributed by atoms with Crippen LogP contribution >= 0.6 is 0 Å². The number of hydrogen-bond donors (Lipinski definition) is 1. The second kappa shape index (κ2) is 3.53. The van der Waals surface area contributed by atoms with Gasteiger partial charge in [0, 0.05) is 24.2 Å². The fraction of sp³-hybridized carbons (Fsp3) is 0.538. The van der Waals surface area contributed by atoms with E-state index in [2.05, 4.69) is 20.6 Å². The molecule has 1 saturated carbocycles. The van der Waals surface area contributed by atoms with Gasteiger partial charge in [0.25, 0.3) is 0 Å². The highest BCUT2D eigenvalue weighted by molar-refractivity contribution is 5.71. The lowest BCUT2D eigenvalue weighted by Crippen LogP contribution is -2.35. The van der Waals surface area contributed by atoms with Crippen molar-refractivity contribution < 1.29 is 0 Å². The minimum atomic E-state index is -0.228. The Kier molecular flexibility index (Phi) is 2.23. The standard InChI is InChI=1S/C13H18N4/c1-13(2,14)8-11-16-12-10(4-3-7-15-12)17(11)9-5-6-9/h3-4,7,9H,5-6,8,14H2,1-2H3. The molecule has 0 amide bonds. The van der Waals surface area contributed by atoms with Gasteiger partial charge in [-0.1, -0.05) is 0 Å². The van der Waals surface area contributed by atoms with E-state index in [1.54, 1.807) is 6.20 Å². The largest absolute Gasteiger partial charge is 0.325 e. The molecule has 0 aromatic carbocycles. The van der Waals surface area contributed by atoms with Gasteiger partial charge in [0.1, 0.15) is 5.82 Å². The fourth-order valence-electron chi connectivity index (χ4n) is 2.25. The molecule has 1 fully saturated rings. The van der Waals surface area contributed by atoms with Crippen LogP contribution in [-0.4, -0.2) is 20.1 Å². The van der Waals surface area contributed by atoms with Crippen molar-refractivity contribution in [2.75, 3.05) is 0 Å². The first-order chi connectivity index (χ1) is 8.04. The topological polar surface area (TPSA) is 56.7 Å². The number of fused-ring (bicyclic) bond motifs is 1. The van der Waals surface area contributed by atoms with Crippen molar-refractivity contribution in [3.05, 3.63) is 24.2 Å². The molecule has 0 unspecified atom stereocenters. The zero-order valence-corrected chi connectivity index (χ0v) is 10.3. The van der Waals surface area contributed by atoms with Gasteiger partial charge in [-0.2, -0.15) is 0 Å². The van der Waals surface area contributed by atoms with Crippen molar-refractivity contribution in [1.29, 1.82) is 0 Å². The van der Waals surface area contributed by atoms with Gasteiger partial charge in [0.15, 0.2) is 5.65 Å². The molecule has 4 nitrogen and oxygen atoms in total. The second-order valence-corrected chi connectivity index (χ2v) is 5.64. The summed E-state index contributed by atoms with van der Waals surface area (Å²) in [5, 5.41) is 0. The molecule has 0 bridgehead atoms. The second-order valence-electron chi connectivity index (χ2n) is 5.64. The summed E-state index contributed by atoms with van der Waals surface area (Å²) in [6.45, 7) is 4.08. The smallest absolute Gasteiger partial charge is 0.177 e. The summed E-state index contributed by atoms with van der Waals surface area (Å²) in [6.07, 6.45) is 5.08. The highest BCUT2D eigenvalue weighted by atomic mass is 15.2. The van der Waals surface area contributed by atoms with E-state index in [0.29, 0.717) is 6.04 Å². The number of nitrogens with two attached hydrogens (primary N) is 1. The van der Waals surface area contributed by atoms with Crippen LogP contribution in [0.15, 0.2) is 18.3 Å². The lowest BCUT2D eigenvalue weighted by atomic mass is 10.0. The number of imidazole rings is 1.